The normalized spacial score (nSPS) is 12.4. The Hall–Kier alpha value is -2.89. The highest BCUT2D eigenvalue weighted by molar-refractivity contribution is 5.71. The summed E-state index contributed by atoms with van der Waals surface area (Å²) in [5.74, 6) is -0.883. The van der Waals surface area contributed by atoms with Gasteiger partial charge in [-0.2, -0.15) is 0 Å². The predicted molar refractivity (Wildman–Crippen MR) is 344 cm³/mol. The maximum atomic E-state index is 12.9. The molecule has 0 aliphatic rings. The minimum atomic E-state index is -0.786. The van der Waals surface area contributed by atoms with Gasteiger partial charge < -0.3 is 14.2 Å². The van der Waals surface area contributed by atoms with Crippen LogP contribution < -0.4 is 0 Å². The summed E-state index contributed by atoms with van der Waals surface area (Å²) in [6, 6.07) is 0. The van der Waals surface area contributed by atoms with Gasteiger partial charge in [-0.25, -0.2) is 0 Å². The SMILES string of the molecule is CC/C=C\C/C=C\C/C=C\C/C=C\CCCCCCC(=O)OCC(COC(=O)CCCCCCCCCCCCCCCCCCCCCCCCCCC)OC(=O)CCCCCCCCCCC/C=C\CCCCCCCC. The molecule has 6 heteroatoms. The molecule has 0 radical (unpaired) electrons. The van der Waals surface area contributed by atoms with Crippen LogP contribution in [0.25, 0.3) is 0 Å². The van der Waals surface area contributed by atoms with Crippen LogP contribution in [0.3, 0.4) is 0 Å². The third-order valence-corrected chi connectivity index (χ3v) is 15.5. The van der Waals surface area contributed by atoms with Crippen molar-refractivity contribution in [1.29, 1.82) is 0 Å². The van der Waals surface area contributed by atoms with E-state index in [0.717, 1.165) is 96.3 Å². The van der Waals surface area contributed by atoms with Crippen LogP contribution in [0.15, 0.2) is 60.8 Å². The van der Waals surface area contributed by atoms with Gasteiger partial charge in [0.15, 0.2) is 6.10 Å². The first-order valence-corrected chi connectivity index (χ1v) is 34.8. The summed E-state index contributed by atoms with van der Waals surface area (Å²) in [6.07, 6.45) is 86.7. The minimum Gasteiger partial charge on any atom is -0.462 e. The summed E-state index contributed by atoms with van der Waals surface area (Å²) in [7, 11) is 0. The number of carbonyl (C=O) groups excluding carboxylic acids is 3. The topological polar surface area (TPSA) is 78.9 Å². The zero-order valence-corrected chi connectivity index (χ0v) is 52.9. The largest absolute Gasteiger partial charge is 0.462 e. The number of esters is 3. The van der Waals surface area contributed by atoms with Gasteiger partial charge in [0, 0.05) is 19.3 Å². The quantitative estimate of drug-likeness (QED) is 0.0261. The minimum absolute atomic E-state index is 0.0793. The van der Waals surface area contributed by atoms with E-state index in [0.29, 0.717) is 19.3 Å². The first-order valence-electron chi connectivity index (χ1n) is 34.8. The molecule has 0 rings (SSSR count). The number of unbranched alkanes of at least 4 members (excludes halogenated alkanes) is 43. The van der Waals surface area contributed by atoms with Gasteiger partial charge >= 0.3 is 17.9 Å². The third kappa shape index (κ3) is 65.8. The predicted octanol–water partition coefficient (Wildman–Crippen LogP) is 23.9. The Balaban J connectivity index is 4.31. The van der Waals surface area contributed by atoms with Crippen molar-refractivity contribution >= 4 is 17.9 Å². The number of hydrogen-bond donors (Lipinski definition) is 0. The van der Waals surface area contributed by atoms with Crippen molar-refractivity contribution in [1.82, 2.24) is 0 Å². The van der Waals surface area contributed by atoms with E-state index < -0.39 is 6.10 Å². The molecule has 460 valence electrons. The molecule has 1 unspecified atom stereocenters. The zero-order valence-electron chi connectivity index (χ0n) is 52.9. The van der Waals surface area contributed by atoms with Gasteiger partial charge in [0.1, 0.15) is 13.2 Å². The molecule has 0 fully saturated rings. The Morgan fingerprint density at radius 1 is 0.266 bits per heavy atom. The molecule has 0 saturated carbocycles. The van der Waals surface area contributed by atoms with Crippen LogP contribution in [0.1, 0.15) is 367 Å². The van der Waals surface area contributed by atoms with Gasteiger partial charge in [-0.05, 0) is 83.5 Å². The van der Waals surface area contributed by atoms with E-state index >= 15 is 0 Å². The van der Waals surface area contributed by atoms with E-state index in [9.17, 15) is 14.4 Å². The Bertz CT molecular complexity index is 1410. The molecule has 0 aromatic rings. The van der Waals surface area contributed by atoms with E-state index in [1.165, 1.54) is 231 Å². The van der Waals surface area contributed by atoms with Crippen molar-refractivity contribution in [3.05, 3.63) is 60.8 Å². The van der Waals surface area contributed by atoms with Crippen molar-refractivity contribution < 1.29 is 28.6 Å². The fourth-order valence-electron chi connectivity index (χ4n) is 10.3. The van der Waals surface area contributed by atoms with Crippen LogP contribution in [0.4, 0.5) is 0 Å². The van der Waals surface area contributed by atoms with Crippen molar-refractivity contribution in [2.24, 2.45) is 0 Å². The Kier molecular flexibility index (Phi) is 65.1. The first-order chi connectivity index (χ1) is 39.0. The summed E-state index contributed by atoms with van der Waals surface area (Å²) in [6.45, 7) is 6.57. The second kappa shape index (κ2) is 67.6. The van der Waals surface area contributed by atoms with Crippen LogP contribution in [0.5, 0.6) is 0 Å². The van der Waals surface area contributed by atoms with Crippen molar-refractivity contribution in [2.75, 3.05) is 13.2 Å². The van der Waals surface area contributed by atoms with E-state index in [1.807, 2.05) is 0 Å². The first kappa shape index (κ1) is 76.1. The molecule has 0 aliphatic carbocycles. The molecule has 0 aromatic heterocycles. The lowest BCUT2D eigenvalue weighted by Gasteiger charge is -2.18. The Morgan fingerprint density at radius 2 is 0.494 bits per heavy atom. The molecule has 0 N–H and O–H groups in total. The zero-order chi connectivity index (χ0) is 57.1. The summed E-state index contributed by atoms with van der Waals surface area (Å²) < 4.78 is 17.0. The maximum absolute atomic E-state index is 12.9. The molecular formula is C73H132O6. The lowest BCUT2D eigenvalue weighted by atomic mass is 10.0. The lowest BCUT2D eigenvalue weighted by Crippen LogP contribution is -2.30. The number of rotatable bonds is 64. The molecular weight excluding hydrogens is 973 g/mol. The molecule has 79 heavy (non-hydrogen) atoms. The summed E-state index contributed by atoms with van der Waals surface area (Å²) in [5, 5.41) is 0. The number of allylic oxidation sites excluding steroid dienone is 10. The van der Waals surface area contributed by atoms with Gasteiger partial charge in [0.25, 0.3) is 0 Å². The number of ether oxygens (including phenoxy) is 3. The van der Waals surface area contributed by atoms with Crippen LogP contribution in [0.2, 0.25) is 0 Å². The standard InChI is InChI=1S/C73H132O6/c1-4-7-10-13-16-19-22-25-28-31-33-34-35-36-37-38-40-42-45-48-51-54-57-60-63-66-72(75)78-69-70(68-77-71(74)65-62-59-56-53-50-47-44-41-30-27-24-21-18-15-12-9-6-3)79-73(76)67-64-61-58-55-52-49-46-43-39-32-29-26-23-20-17-14-11-8-5-2/h9,12,18,21,26-27,29-30,44,47,70H,4-8,10-11,13-17,19-20,22-25,28,31-43,45-46,48-69H2,1-3H3/b12-9-,21-18-,29-26-,30-27-,47-44-. The van der Waals surface area contributed by atoms with Crippen molar-refractivity contribution in [3.8, 4) is 0 Å². The molecule has 0 heterocycles. The van der Waals surface area contributed by atoms with Gasteiger partial charge in [-0.15, -0.1) is 0 Å². The second-order valence-electron chi connectivity index (χ2n) is 23.4. The highest BCUT2D eigenvalue weighted by Gasteiger charge is 2.19. The van der Waals surface area contributed by atoms with Gasteiger partial charge in [-0.3, -0.25) is 14.4 Å². The number of hydrogen-bond acceptors (Lipinski definition) is 6. The molecule has 0 aromatic carbocycles. The molecule has 0 amide bonds. The van der Waals surface area contributed by atoms with Crippen molar-refractivity contribution in [3.63, 3.8) is 0 Å². The monoisotopic (exact) mass is 1110 g/mol. The molecule has 6 nitrogen and oxygen atoms in total. The average molecular weight is 1110 g/mol. The van der Waals surface area contributed by atoms with Gasteiger partial charge in [0.05, 0.1) is 0 Å². The molecule has 1 atom stereocenters. The molecule has 0 aliphatic heterocycles. The van der Waals surface area contributed by atoms with Crippen LogP contribution >= 0.6 is 0 Å². The van der Waals surface area contributed by atoms with E-state index in [-0.39, 0.29) is 31.1 Å². The molecule has 0 saturated heterocycles. The fourth-order valence-corrected chi connectivity index (χ4v) is 10.3. The Labute approximate surface area is 491 Å². The maximum Gasteiger partial charge on any atom is 0.306 e. The summed E-state index contributed by atoms with van der Waals surface area (Å²) >= 11 is 0. The smallest absolute Gasteiger partial charge is 0.306 e. The highest BCUT2D eigenvalue weighted by Crippen LogP contribution is 2.18. The number of carbonyl (C=O) groups is 3. The van der Waals surface area contributed by atoms with Crippen molar-refractivity contribution in [2.45, 2.75) is 374 Å². The Morgan fingerprint density at radius 3 is 0.785 bits per heavy atom. The highest BCUT2D eigenvalue weighted by atomic mass is 16.6. The van der Waals surface area contributed by atoms with Crippen LogP contribution in [-0.2, 0) is 28.6 Å². The molecule has 0 spiro atoms. The van der Waals surface area contributed by atoms with E-state index in [4.69, 9.17) is 14.2 Å². The average Bonchev–Trinajstić information content (AvgIpc) is 3.45. The van der Waals surface area contributed by atoms with E-state index in [1.54, 1.807) is 0 Å². The summed E-state index contributed by atoms with van der Waals surface area (Å²) in [4.78, 5) is 38.4. The lowest BCUT2D eigenvalue weighted by molar-refractivity contribution is -0.167. The molecule has 0 bridgehead atoms. The third-order valence-electron chi connectivity index (χ3n) is 15.5. The van der Waals surface area contributed by atoms with Gasteiger partial charge in [-0.1, -0.05) is 326 Å². The fraction of sp³-hybridized carbons (Fsp3) is 0.822. The van der Waals surface area contributed by atoms with Gasteiger partial charge in [0.2, 0.25) is 0 Å². The second-order valence-corrected chi connectivity index (χ2v) is 23.4. The van der Waals surface area contributed by atoms with Crippen LogP contribution in [0, 0.1) is 0 Å². The van der Waals surface area contributed by atoms with E-state index in [2.05, 4.69) is 81.5 Å². The van der Waals surface area contributed by atoms with Crippen LogP contribution in [-0.4, -0.2) is 37.2 Å². The summed E-state index contributed by atoms with van der Waals surface area (Å²) in [5.41, 5.74) is 0.